The molecular formula is C27H36N2OS. The molecule has 3 nitrogen and oxygen atoms in total. The maximum absolute atomic E-state index is 14.2. The van der Waals surface area contributed by atoms with E-state index in [2.05, 4.69) is 35.8 Å². The molecule has 0 saturated heterocycles. The summed E-state index contributed by atoms with van der Waals surface area (Å²) in [6.07, 6.45) is 14.5. The van der Waals surface area contributed by atoms with Gasteiger partial charge in [-0.05, 0) is 50.0 Å². The van der Waals surface area contributed by atoms with E-state index in [1.165, 1.54) is 68.9 Å². The predicted molar refractivity (Wildman–Crippen MR) is 130 cm³/mol. The standard InChI is InChI=1S/C27H36N2OS/c1-2-3-17-31-26-28-24-22-14-8-7-13-21(22)18-27(15-9-4-10-16-27)23(24)25(30)29(26)19-20-11-5-6-12-20/h7-8,13-14,20H,2-6,9-12,15-19H2,1H3. The molecule has 2 aromatic rings. The fraction of sp³-hybridized carbons (Fsp3) is 0.630. The summed E-state index contributed by atoms with van der Waals surface area (Å²) in [4.78, 5) is 19.6. The molecule has 2 saturated carbocycles. The Morgan fingerprint density at radius 1 is 1.10 bits per heavy atom. The maximum Gasteiger partial charge on any atom is 0.258 e. The lowest BCUT2D eigenvalue weighted by Gasteiger charge is -2.42. The van der Waals surface area contributed by atoms with Crippen LogP contribution in [0.5, 0.6) is 0 Å². The van der Waals surface area contributed by atoms with Crippen molar-refractivity contribution >= 4 is 11.8 Å². The van der Waals surface area contributed by atoms with Gasteiger partial charge in [0.1, 0.15) is 0 Å². The van der Waals surface area contributed by atoms with E-state index >= 15 is 0 Å². The van der Waals surface area contributed by atoms with E-state index in [0.29, 0.717) is 5.92 Å². The van der Waals surface area contributed by atoms with Crippen LogP contribution >= 0.6 is 11.8 Å². The molecular weight excluding hydrogens is 400 g/mol. The second-order valence-corrected chi connectivity index (χ2v) is 11.1. The molecule has 1 aromatic carbocycles. The van der Waals surface area contributed by atoms with Crippen LogP contribution in [0, 0.1) is 5.92 Å². The SMILES string of the molecule is CCCCSc1nc2c(c(=O)n1CC1CCCC1)C1(CCCCC1)Cc1ccccc1-2. The number of fused-ring (bicyclic) bond motifs is 4. The van der Waals surface area contributed by atoms with Crippen molar-refractivity contribution < 1.29 is 0 Å². The quantitative estimate of drug-likeness (QED) is 0.285. The third-order valence-electron chi connectivity index (χ3n) is 7.92. The lowest BCUT2D eigenvalue weighted by molar-refractivity contribution is 0.280. The zero-order valence-corrected chi connectivity index (χ0v) is 19.8. The summed E-state index contributed by atoms with van der Waals surface area (Å²) in [5, 5.41) is 0.965. The van der Waals surface area contributed by atoms with Gasteiger partial charge in [-0.25, -0.2) is 4.98 Å². The lowest BCUT2D eigenvalue weighted by Crippen LogP contribution is -2.43. The normalized spacial score (nSPS) is 20.0. The van der Waals surface area contributed by atoms with Crippen molar-refractivity contribution in [2.45, 2.75) is 101 Å². The number of hydrogen-bond donors (Lipinski definition) is 0. The van der Waals surface area contributed by atoms with Crippen LogP contribution in [-0.2, 0) is 18.4 Å². The highest BCUT2D eigenvalue weighted by Gasteiger charge is 2.43. The Morgan fingerprint density at radius 2 is 1.87 bits per heavy atom. The molecule has 0 aliphatic heterocycles. The molecule has 0 atom stereocenters. The highest BCUT2D eigenvalue weighted by Crippen LogP contribution is 2.49. The molecule has 166 valence electrons. The number of hydrogen-bond acceptors (Lipinski definition) is 3. The minimum atomic E-state index is -0.00391. The molecule has 2 fully saturated rings. The first-order valence-electron chi connectivity index (χ1n) is 12.6. The fourth-order valence-electron chi connectivity index (χ4n) is 6.25. The van der Waals surface area contributed by atoms with Crippen molar-refractivity contribution in [1.82, 2.24) is 9.55 Å². The summed E-state index contributed by atoms with van der Waals surface area (Å²) in [6, 6.07) is 8.72. The van der Waals surface area contributed by atoms with Crippen LogP contribution < -0.4 is 5.56 Å². The highest BCUT2D eigenvalue weighted by molar-refractivity contribution is 7.99. The molecule has 0 radical (unpaired) electrons. The Hall–Kier alpha value is -1.55. The molecule has 0 bridgehead atoms. The minimum absolute atomic E-state index is 0.00391. The summed E-state index contributed by atoms with van der Waals surface area (Å²) < 4.78 is 2.11. The Kier molecular flexibility index (Phi) is 6.28. The zero-order chi connectivity index (χ0) is 21.3. The van der Waals surface area contributed by atoms with Gasteiger partial charge in [0.2, 0.25) is 0 Å². The second-order valence-electron chi connectivity index (χ2n) is 10.1. The average molecular weight is 437 g/mol. The number of nitrogens with zero attached hydrogens (tertiary/aromatic N) is 2. The summed E-state index contributed by atoms with van der Waals surface area (Å²) >= 11 is 1.80. The van der Waals surface area contributed by atoms with Gasteiger partial charge < -0.3 is 0 Å². The van der Waals surface area contributed by atoms with Gasteiger partial charge in [-0.1, -0.05) is 81.5 Å². The van der Waals surface area contributed by atoms with Crippen LogP contribution in [0.15, 0.2) is 34.2 Å². The number of unbranched alkanes of at least 4 members (excludes halogenated alkanes) is 1. The molecule has 3 aliphatic rings. The van der Waals surface area contributed by atoms with Crippen molar-refractivity contribution in [1.29, 1.82) is 0 Å². The largest absolute Gasteiger partial charge is 0.287 e. The van der Waals surface area contributed by atoms with Gasteiger partial charge in [0.25, 0.3) is 5.56 Å². The highest BCUT2D eigenvalue weighted by atomic mass is 32.2. The van der Waals surface area contributed by atoms with Crippen molar-refractivity contribution in [3.05, 3.63) is 45.7 Å². The molecule has 5 rings (SSSR count). The van der Waals surface area contributed by atoms with Gasteiger partial charge in [-0.3, -0.25) is 9.36 Å². The van der Waals surface area contributed by atoms with E-state index in [9.17, 15) is 4.79 Å². The first-order chi connectivity index (χ1) is 15.2. The third kappa shape index (κ3) is 4.01. The van der Waals surface area contributed by atoms with E-state index in [4.69, 9.17) is 4.98 Å². The predicted octanol–water partition coefficient (Wildman–Crippen LogP) is 6.75. The number of thioether (sulfide) groups is 1. The summed E-state index contributed by atoms with van der Waals surface area (Å²) in [5.74, 6) is 1.68. The second kappa shape index (κ2) is 9.13. The molecule has 1 spiro atoms. The fourth-order valence-corrected chi connectivity index (χ4v) is 7.34. The Balaban J connectivity index is 1.67. The van der Waals surface area contributed by atoms with Crippen molar-refractivity contribution in [3.63, 3.8) is 0 Å². The molecule has 3 aliphatic carbocycles. The van der Waals surface area contributed by atoms with E-state index in [1.54, 1.807) is 11.8 Å². The third-order valence-corrected chi connectivity index (χ3v) is 8.98. The van der Waals surface area contributed by atoms with E-state index in [-0.39, 0.29) is 11.0 Å². The molecule has 4 heteroatoms. The average Bonchev–Trinajstić information content (AvgIpc) is 3.30. The van der Waals surface area contributed by atoms with E-state index < -0.39 is 0 Å². The molecule has 0 unspecified atom stereocenters. The molecule has 31 heavy (non-hydrogen) atoms. The Morgan fingerprint density at radius 3 is 2.65 bits per heavy atom. The lowest BCUT2D eigenvalue weighted by atomic mass is 9.62. The van der Waals surface area contributed by atoms with Crippen molar-refractivity contribution in [2.24, 2.45) is 5.92 Å². The van der Waals surface area contributed by atoms with Crippen LogP contribution in [0.2, 0.25) is 0 Å². The summed E-state index contributed by atoms with van der Waals surface area (Å²) in [7, 11) is 0. The van der Waals surface area contributed by atoms with Crippen molar-refractivity contribution in [3.8, 4) is 11.3 Å². The van der Waals surface area contributed by atoms with Gasteiger partial charge in [0, 0.05) is 23.3 Å². The van der Waals surface area contributed by atoms with Gasteiger partial charge in [-0.15, -0.1) is 0 Å². The summed E-state index contributed by atoms with van der Waals surface area (Å²) in [6.45, 7) is 3.10. The van der Waals surface area contributed by atoms with Crippen LogP contribution in [-0.4, -0.2) is 15.3 Å². The van der Waals surface area contributed by atoms with Crippen LogP contribution in [0.1, 0.15) is 88.7 Å². The topological polar surface area (TPSA) is 34.9 Å². The Bertz CT molecular complexity index is 983. The maximum atomic E-state index is 14.2. The first-order valence-corrected chi connectivity index (χ1v) is 13.6. The van der Waals surface area contributed by atoms with Crippen molar-refractivity contribution in [2.75, 3.05) is 5.75 Å². The molecule has 1 aromatic heterocycles. The van der Waals surface area contributed by atoms with Gasteiger partial charge >= 0.3 is 0 Å². The van der Waals surface area contributed by atoms with Gasteiger partial charge in [-0.2, -0.15) is 0 Å². The van der Waals surface area contributed by atoms with Crippen LogP contribution in [0.3, 0.4) is 0 Å². The number of benzene rings is 1. The number of aromatic nitrogens is 2. The smallest absolute Gasteiger partial charge is 0.258 e. The van der Waals surface area contributed by atoms with Gasteiger partial charge in [0.15, 0.2) is 5.16 Å². The molecule has 1 heterocycles. The van der Waals surface area contributed by atoms with Crippen LogP contribution in [0.25, 0.3) is 11.3 Å². The summed E-state index contributed by atoms with van der Waals surface area (Å²) in [5.41, 5.74) is 4.94. The molecule has 0 N–H and O–H groups in total. The first kappa shape index (κ1) is 21.3. The zero-order valence-electron chi connectivity index (χ0n) is 19.0. The minimum Gasteiger partial charge on any atom is -0.287 e. The van der Waals surface area contributed by atoms with Gasteiger partial charge in [0.05, 0.1) is 11.3 Å². The monoisotopic (exact) mass is 436 g/mol. The Labute approximate surface area is 191 Å². The molecule has 0 amide bonds. The van der Waals surface area contributed by atoms with Crippen LogP contribution in [0.4, 0.5) is 0 Å². The van der Waals surface area contributed by atoms with E-state index in [1.807, 2.05) is 0 Å². The number of rotatable bonds is 6. The van der Waals surface area contributed by atoms with E-state index in [0.717, 1.165) is 48.0 Å².